The topological polar surface area (TPSA) is 113 Å². The maximum atomic E-state index is 13.2. The highest BCUT2D eigenvalue weighted by Gasteiger charge is 2.40. The molecule has 2 aromatic carbocycles. The maximum Gasteiger partial charge on any atom is 0.305 e. The van der Waals surface area contributed by atoms with Crippen molar-refractivity contribution >= 4 is 45.1 Å². The number of carboxylic acids is 1. The Morgan fingerprint density at radius 1 is 1.09 bits per heavy atom. The summed E-state index contributed by atoms with van der Waals surface area (Å²) in [5.41, 5.74) is 0.591. The van der Waals surface area contributed by atoms with Gasteiger partial charge in [-0.1, -0.05) is 35.3 Å². The minimum absolute atomic E-state index is 0.0990. The van der Waals surface area contributed by atoms with Gasteiger partial charge in [-0.25, -0.2) is 8.42 Å². The monoisotopic (exact) mass is 526 g/mol. The highest BCUT2D eigenvalue weighted by Crippen LogP contribution is 2.31. The van der Waals surface area contributed by atoms with Crippen LogP contribution in [0.15, 0.2) is 47.4 Å². The van der Waals surface area contributed by atoms with E-state index in [0.717, 1.165) is 17.1 Å². The standard InChI is InChI=1S/C23H24Cl2N2O6S/c24-15-10-16(25)12-19(11-15)34(31,32)27-9-1-2-21(27)23(30)26-20(13-22(28)29)14-3-5-17(6-4-14)33-18-7-8-18/h3-6,10-12,18,20-21H,1-2,7-9,13H2,(H,26,30)(H,28,29)/t20-,21+/m1/s1. The van der Waals surface area contributed by atoms with Gasteiger partial charge in [0, 0.05) is 16.6 Å². The summed E-state index contributed by atoms with van der Waals surface area (Å²) in [5.74, 6) is -0.966. The Kier molecular flexibility index (Phi) is 7.37. The van der Waals surface area contributed by atoms with Crippen molar-refractivity contribution < 1.29 is 27.9 Å². The summed E-state index contributed by atoms with van der Waals surface area (Å²) < 4.78 is 33.3. The minimum Gasteiger partial charge on any atom is -0.490 e. The lowest BCUT2D eigenvalue weighted by molar-refractivity contribution is -0.137. The molecule has 0 bridgehead atoms. The molecule has 2 aromatic rings. The van der Waals surface area contributed by atoms with Crippen molar-refractivity contribution in [3.63, 3.8) is 0 Å². The third kappa shape index (κ3) is 5.83. The SMILES string of the molecule is O=C(O)C[C@@H](NC(=O)[C@@H]1CCCN1S(=O)(=O)c1cc(Cl)cc(Cl)c1)c1ccc(OC2CC2)cc1. The van der Waals surface area contributed by atoms with Crippen LogP contribution in [0.1, 0.15) is 43.7 Å². The fraction of sp³-hybridized carbons (Fsp3) is 0.391. The second-order valence-electron chi connectivity index (χ2n) is 8.42. The molecule has 34 heavy (non-hydrogen) atoms. The van der Waals surface area contributed by atoms with E-state index in [2.05, 4.69) is 5.32 Å². The first-order valence-corrected chi connectivity index (χ1v) is 13.1. The summed E-state index contributed by atoms with van der Waals surface area (Å²) in [6, 6.07) is 9.10. The second-order valence-corrected chi connectivity index (χ2v) is 11.2. The van der Waals surface area contributed by atoms with Crippen molar-refractivity contribution in [2.45, 2.75) is 55.2 Å². The van der Waals surface area contributed by atoms with E-state index in [1.165, 1.54) is 18.2 Å². The lowest BCUT2D eigenvalue weighted by atomic mass is 10.0. The first kappa shape index (κ1) is 24.8. The number of nitrogens with one attached hydrogen (secondary N) is 1. The van der Waals surface area contributed by atoms with Crippen molar-refractivity contribution in [1.82, 2.24) is 9.62 Å². The first-order valence-electron chi connectivity index (χ1n) is 10.9. The zero-order valence-electron chi connectivity index (χ0n) is 18.1. The molecule has 1 saturated heterocycles. The molecular weight excluding hydrogens is 503 g/mol. The van der Waals surface area contributed by atoms with Crippen LogP contribution in [0.3, 0.4) is 0 Å². The number of rotatable bonds is 9. The number of ether oxygens (including phenoxy) is 1. The maximum absolute atomic E-state index is 13.2. The van der Waals surface area contributed by atoms with Crippen molar-refractivity contribution in [3.05, 3.63) is 58.1 Å². The molecule has 4 rings (SSSR count). The number of carbonyl (C=O) groups excluding carboxylic acids is 1. The molecule has 0 radical (unpaired) electrons. The van der Waals surface area contributed by atoms with Crippen LogP contribution in [0, 0.1) is 0 Å². The molecule has 1 heterocycles. The molecule has 1 amide bonds. The summed E-state index contributed by atoms with van der Waals surface area (Å²) in [5, 5.41) is 12.5. The van der Waals surface area contributed by atoms with Gasteiger partial charge in [0.25, 0.3) is 0 Å². The number of hydrogen-bond donors (Lipinski definition) is 2. The Bertz CT molecular complexity index is 1160. The lowest BCUT2D eigenvalue weighted by Crippen LogP contribution is -2.47. The number of sulfonamides is 1. The third-order valence-corrected chi connectivity index (χ3v) is 8.08. The number of benzene rings is 2. The van der Waals surface area contributed by atoms with Gasteiger partial charge in [-0.15, -0.1) is 0 Å². The van der Waals surface area contributed by atoms with Gasteiger partial charge in [0.2, 0.25) is 15.9 Å². The summed E-state index contributed by atoms with van der Waals surface area (Å²) in [6.45, 7) is 0.154. The van der Waals surface area contributed by atoms with Gasteiger partial charge >= 0.3 is 5.97 Å². The van der Waals surface area contributed by atoms with E-state index in [0.29, 0.717) is 24.2 Å². The Labute approximate surface area is 207 Å². The van der Waals surface area contributed by atoms with Gasteiger partial charge < -0.3 is 15.2 Å². The van der Waals surface area contributed by atoms with Crippen molar-refractivity contribution in [2.24, 2.45) is 0 Å². The molecule has 1 aliphatic carbocycles. The normalized spacial score (nSPS) is 19.5. The van der Waals surface area contributed by atoms with Gasteiger partial charge in [-0.3, -0.25) is 9.59 Å². The third-order valence-electron chi connectivity index (χ3n) is 5.75. The molecule has 2 fully saturated rings. The number of amides is 1. The fourth-order valence-electron chi connectivity index (χ4n) is 3.95. The Morgan fingerprint density at radius 2 is 1.74 bits per heavy atom. The number of hydrogen-bond acceptors (Lipinski definition) is 5. The molecular formula is C23H24Cl2N2O6S. The number of carboxylic acid groups (broad SMARTS) is 1. The van der Waals surface area contributed by atoms with Gasteiger partial charge in [0.1, 0.15) is 11.8 Å². The van der Waals surface area contributed by atoms with E-state index in [9.17, 15) is 23.1 Å². The fourth-order valence-corrected chi connectivity index (χ4v) is 6.34. The zero-order chi connectivity index (χ0) is 24.5. The van der Waals surface area contributed by atoms with Crippen LogP contribution in [-0.4, -0.2) is 48.4 Å². The average Bonchev–Trinajstić information content (AvgIpc) is 3.43. The van der Waals surface area contributed by atoms with Crippen molar-refractivity contribution in [3.8, 4) is 5.75 Å². The minimum atomic E-state index is -4.04. The van der Waals surface area contributed by atoms with E-state index in [4.69, 9.17) is 27.9 Å². The highest BCUT2D eigenvalue weighted by atomic mass is 35.5. The molecule has 11 heteroatoms. The number of nitrogens with zero attached hydrogens (tertiary/aromatic N) is 1. The predicted molar refractivity (Wildman–Crippen MR) is 127 cm³/mol. The lowest BCUT2D eigenvalue weighted by Gasteiger charge is -2.26. The molecule has 2 N–H and O–H groups in total. The van der Waals surface area contributed by atoms with Gasteiger partial charge in [-0.05, 0) is 61.6 Å². The van der Waals surface area contributed by atoms with Crippen LogP contribution in [0.4, 0.5) is 0 Å². The van der Waals surface area contributed by atoms with Crippen LogP contribution in [0.2, 0.25) is 10.0 Å². The number of halogens is 2. The van der Waals surface area contributed by atoms with E-state index < -0.39 is 34.0 Å². The van der Waals surface area contributed by atoms with Crippen molar-refractivity contribution in [2.75, 3.05) is 6.54 Å². The van der Waals surface area contributed by atoms with Gasteiger partial charge in [0.15, 0.2) is 0 Å². The smallest absolute Gasteiger partial charge is 0.305 e. The van der Waals surface area contributed by atoms with Crippen LogP contribution in [0.5, 0.6) is 5.75 Å². The summed E-state index contributed by atoms with van der Waals surface area (Å²) in [6.07, 6.45) is 2.71. The molecule has 0 aromatic heterocycles. The molecule has 2 aliphatic rings. The largest absolute Gasteiger partial charge is 0.490 e. The Morgan fingerprint density at radius 3 is 2.32 bits per heavy atom. The van der Waals surface area contributed by atoms with E-state index in [1.807, 2.05) is 0 Å². The molecule has 1 aliphatic heterocycles. The van der Waals surface area contributed by atoms with Crippen LogP contribution < -0.4 is 10.1 Å². The first-order chi connectivity index (χ1) is 16.1. The molecule has 182 valence electrons. The molecule has 8 nitrogen and oxygen atoms in total. The Hall–Kier alpha value is -2.33. The Balaban J connectivity index is 1.52. The van der Waals surface area contributed by atoms with Crippen LogP contribution in [0.25, 0.3) is 0 Å². The van der Waals surface area contributed by atoms with Crippen molar-refractivity contribution in [1.29, 1.82) is 0 Å². The number of carbonyl (C=O) groups is 2. The quantitative estimate of drug-likeness (QED) is 0.510. The number of aliphatic carboxylic acids is 1. The van der Waals surface area contributed by atoms with Crippen LogP contribution >= 0.6 is 23.2 Å². The van der Waals surface area contributed by atoms with Gasteiger partial charge in [0.05, 0.1) is 23.5 Å². The summed E-state index contributed by atoms with van der Waals surface area (Å²) in [4.78, 5) is 24.5. The van der Waals surface area contributed by atoms with Crippen LogP contribution in [-0.2, 0) is 19.6 Å². The second kappa shape index (κ2) is 10.1. The highest BCUT2D eigenvalue weighted by molar-refractivity contribution is 7.89. The molecule has 0 spiro atoms. The predicted octanol–water partition coefficient (Wildman–Crippen LogP) is 4.02. The average molecular weight is 527 g/mol. The molecule has 0 unspecified atom stereocenters. The summed E-state index contributed by atoms with van der Waals surface area (Å²) >= 11 is 12.0. The van der Waals surface area contributed by atoms with Gasteiger partial charge in [-0.2, -0.15) is 4.31 Å². The van der Waals surface area contributed by atoms with E-state index in [-0.39, 0.29) is 34.0 Å². The van der Waals surface area contributed by atoms with E-state index in [1.54, 1.807) is 24.3 Å². The van der Waals surface area contributed by atoms with E-state index >= 15 is 0 Å². The molecule has 2 atom stereocenters. The molecule has 1 saturated carbocycles. The zero-order valence-corrected chi connectivity index (χ0v) is 20.4. The summed E-state index contributed by atoms with van der Waals surface area (Å²) in [7, 11) is -4.04.